The number of alkyl halides is 3. The second-order valence-corrected chi connectivity index (χ2v) is 6.52. The van der Waals surface area contributed by atoms with Crippen molar-refractivity contribution < 1.29 is 13.2 Å². The summed E-state index contributed by atoms with van der Waals surface area (Å²) in [5, 5.41) is 11.2. The first-order valence-corrected chi connectivity index (χ1v) is 8.68. The Morgan fingerprint density at radius 3 is 2.44 bits per heavy atom. The first kappa shape index (κ1) is 19.0. The fourth-order valence-electron chi connectivity index (χ4n) is 2.63. The minimum absolute atomic E-state index is 0.205. The lowest BCUT2D eigenvalue weighted by Gasteiger charge is -2.10. The number of aromatic nitrogens is 3. The van der Waals surface area contributed by atoms with Gasteiger partial charge in [0.15, 0.2) is 5.82 Å². The van der Waals surface area contributed by atoms with Gasteiger partial charge in [-0.1, -0.05) is 49.4 Å². The lowest BCUT2D eigenvalue weighted by atomic mass is 9.98. The number of H-pyrrole nitrogens is 1. The monoisotopic (exact) mass is 390 g/mol. The number of nitrogens with zero attached hydrogens (tertiary/aromatic N) is 3. The van der Waals surface area contributed by atoms with Crippen molar-refractivity contribution in [2.24, 2.45) is 5.10 Å². The van der Waals surface area contributed by atoms with E-state index in [-0.39, 0.29) is 5.92 Å². The Balaban J connectivity index is 1.79. The maximum Gasteiger partial charge on any atom is 0.416 e. The van der Waals surface area contributed by atoms with Crippen molar-refractivity contribution in [1.82, 2.24) is 14.9 Å². The van der Waals surface area contributed by atoms with Crippen molar-refractivity contribution in [2.75, 3.05) is 0 Å². The molecule has 0 saturated carbocycles. The van der Waals surface area contributed by atoms with Gasteiger partial charge in [-0.15, -0.1) is 0 Å². The molecular formula is C19H17F3N4S. The average molecular weight is 390 g/mol. The minimum atomic E-state index is -4.36. The Morgan fingerprint density at radius 1 is 1.15 bits per heavy atom. The Bertz CT molecular complexity index is 973. The molecule has 0 saturated heterocycles. The van der Waals surface area contributed by atoms with Crippen molar-refractivity contribution in [2.45, 2.75) is 25.4 Å². The normalized spacial score (nSPS) is 13.2. The van der Waals surface area contributed by atoms with Gasteiger partial charge in [0.2, 0.25) is 4.77 Å². The van der Waals surface area contributed by atoms with E-state index in [0.29, 0.717) is 22.6 Å². The topological polar surface area (TPSA) is 46.0 Å². The summed E-state index contributed by atoms with van der Waals surface area (Å²) in [6.45, 7) is 2.08. The molecule has 0 radical (unpaired) electrons. The quantitative estimate of drug-likeness (QED) is 0.481. The van der Waals surface area contributed by atoms with Gasteiger partial charge in [0.05, 0.1) is 11.8 Å². The summed E-state index contributed by atoms with van der Waals surface area (Å²) < 4.78 is 39.7. The molecule has 0 amide bonds. The molecule has 0 spiro atoms. The number of rotatable bonds is 5. The van der Waals surface area contributed by atoms with Gasteiger partial charge in [-0.05, 0) is 41.4 Å². The lowest BCUT2D eigenvalue weighted by Crippen LogP contribution is -2.06. The zero-order chi connectivity index (χ0) is 19.4. The molecule has 0 aliphatic heterocycles. The number of nitrogens with one attached hydrogen (secondary N) is 1. The van der Waals surface area contributed by atoms with E-state index in [4.69, 9.17) is 12.2 Å². The molecule has 27 heavy (non-hydrogen) atoms. The number of hydrogen-bond acceptors (Lipinski definition) is 3. The van der Waals surface area contributed by atoms with Crippen LogP contribution in [-0.4, -0.2) is 21.1 Å². The standard InChI is InChI=1S/C19H17F3N4S/c1-13(15-5-3-2-4-6-15)11-17-24-25-18(27)26(17)23-12-14-7-9-16(10-8-14)19(20,21)22/h2-10,12-13H,11H2,1H3,(H,25,27). The van der Waals surface area contributed by atoms with Crippen LogP contribution in [0.3, 0.4) is 0 Å². The summed E-state index contributed by atoms with van der Waals surface area (Å²) in [5.74, 6) is 0.857. The second-order valence-electron chi connectivity index (χ2n) is 6.14. The van der Waals surface area contributed by atoms with Crippen molar-refractivity contribution >= 4 is 18.4 Å². The summed E-state index contributed by atoms with van der Waals surface area (Å²) >= 11 is 5.21. The van der Waals surface area contributed by atoms with E-state index in [1.807, 2.05) is 30.3 Å². The third-order valence-electron chi connectivity index (χ3n) is 4.14. The molecule has 2 aromatic carbocycles. The molecule has 140 valence electrons. The predicted octanol–water partition coefficient (Wildman–Crippen LogP) is 5.19. The number of aromatic amines is 1. The van der Waals surface area contributed by atoms with Gasteiger partial charge in [0.25, 0.3) is 0 Å². The Morgan fingerprint density at radius 2 is 1.81 bits per heavy atom. The zero-order valence-corrected chi connectivity index (χ0v) is 15.3. The van der Waals surface area contributed by atoms with Crippen LogP contribution >= 0.6 is 12.2 Å². The summed E-state index contributed by atoms with van der Waals surface area (Å²) in [6, 6.07) is 14.8. The van der Waals surface area contributed by atoms with E-state index in [2.05, 4.69) is 22.2 Å². The van der Waals surface area contributed by atoms with Gasteiger partial charge in [-0.3, -0.25) is 5.10 Å². The molecule has 4 nitrogen and oxygen atoms in total. The smallest absolute Gasteiger partial charge is 0.250 e. The molecule has 8 heteroatoms. The Hall–Kier alpha value is -2.74. The summed E-state index contributed by atoms with van der Waals surface area (Å²) in [7, 11) is 0. The van der Waals surface area contributed by atoms with Crippen molar-refractivity contribution in [3.63, 3.8) is 0 Å². The summed E-state index contributed by atoms with van der Waals surface area (Å²) in [6.07, 6.45) is -2.28. The molecule has 1 heterocycles. The third-order valence-corrected chi connectivity index (χ3v) is 4.40. The fraction of sp³-hybridized carbons (Fsp3) is 0.211. The van der Waals surface area contributed by atoms with Crippen LogP contribution in [0.25, 0.3) is 0 Å². The molecule has 3 aromatic rings. The van der Waals surface area contributed by atoms with Crippen LogP contribution in [0.5, 0.6) is 0 Å². The Kier molecular flexibility index (Phi) is 5.55. The number of hydrogen-bond donors (Lipinski definition) is 1. The van der Waals surface area contributed by atoms with Crippen LogP contribution in [-0.2, 0) is 12.6 Å². The van der Waals surface area contributed by atoms with Crippen LogP contribution in [0.15, 0.2) is 59.7 Å². The van der Waals surface area contributed by atoms with E-state index >= 15 is 0 Å². The van der Waals surface area contributed by atoms with Gasteiger partial charge in [-0.2, -0.15) is 28.0 Å². The Labute approximate surface area is 159 Å². The van der Waals surface area contributed by atoms with Crippen LogP contribution in [0.2, 0.25) is 0 Å². The van der Waals surface area contributed by atoms with E-state index in [0.717, 1.165) is 12.1 Å². The van der Waals surface area contributed by atoms with E-state index < -0.39 is 11.7 Å². The van der Waals surface area contributed by atoms with Crippen LogP contribution in [0, 0.1) is 4.77 Å². The minimum Gasteiger partial charge on any atom is -0.250 e. The third kappa shape index (κ3) is 4.71. The van der Waals surface area contributed by atoms with Crippen molar-refractivity contribution in [3.8, 4) is 0 Å². The van der Waals surface area contributed by atoms with E-state index in [1.165, 1.54) is 28.6 Å². The molecule has 1 aromatic heterocycles. The molecule has 3 rings (SSSR count). The highest BCUT2D eigenvalue weighted by atomic mass is 32.1. The molecule has 0 bridgehead atoms. The summed E-state index contributed by atoms with van der Waals surface area (Å²) in [5.41, 5.74) is 1.01. The SMILES string of the molecule is CC(Cc1n[nH]c(=S)n1N=Cc1ccc(C(F)(F)F)cc1)c1ccccc1. The van der Waals surface area contributed by atoms with Crippen LogP contribution in [0.4, 0.5) is 13.2 Å². The van der Waals surface area contributed by atoms with E-state index in [9.17, 15) is 13.2 Å². The highest BCUT2D eigenvalue weighted by Crippen LogP contribution is 2.28. The molecule has 0 aliphatic rings. The van der Waals surface area contributed by atoms with E-state index in [1.54, 1.807) is 0 Å². The first-order valence-electron chi connectivity index (χ1n) is 8.27. The second kappa shape index (κ2) is 7.87. The lowest BCUT2D eigenvalue weighted by molar-refractivity contribution is -0.137. The summed E-state index contributed by atoms with van der Waals surface area (Å²) in [4.78, 5) is 0. The average Bonchev–Trinajstić information content (AvgIpc) is 3.00. The maximum absolute atomic E-state index is 12.6. The molecule has 0 fully saturated rings. The van der Waals surface area contributed by atoms with Crippen LogP contribution < -0.4 is 0 Å². The molecular weight excluding hydrogens is 373 g/mol. The van der Waals surface area contributed by atoms with Gasteiger partial charge in [0.1, 0.15) is 0 Å². The largest absolute Gasteiger partial charge is 0.416 e. The highest BCUT2D eigenvalue weighted by molar-refractivity contribution is 7.71. The molecule has 1 N–H and O–H groups in total. The number of benzene rings is 2. The fourth-order valence-corrected chi connectivity index (χ4v) is 2.83. The van der Waals surface area contributed by atoms with Crippen molar-refractivity contribution in [1.29, 1.82) is 0 Å². The predicted molar refractivity (Wildman–Crippen MR) is 100 cm³/mol. The zero-order valence-electron chi connectivity index (χ0n) is 14.4. The first-order chi connectivity index (χ1) is 12.8. The molecule has 1 unspecified atom stereocenters. The molecule has 0 aliphatic carbocycles. The molecule has 1 atom stereocenters. The van der Waals surface area contributed by atoms with Crippen molar-refractivity contribution in [3.05, 3.63) is 81.9 Å². The van der Waals surface area contributed by atoms with Gasteiger partial charge in [0, 0.05) is 6.42 Å². The van der Waals surface area contributed by atoms with Gasteiger partial charge in [-0.25, -0.2) is 0 Å². The maximum atomic E-state index is 12.6. The van der Waals surface area contributed by atoms with Gasteiger partial charge < -0.3 is 0 Å². The van der Waals surface area contributed by atoms with Crippen LogP contribution in [0.1, 0.15) is 35.4 Å². The van der Waals surface area contributed by atoms with Gasteiger partial charge >= 0.3 is 6.18 Å². The number of halogens is 3. The highest BCUT2D eigenvalue weighted by Gasteiger charge is 2.29.